The molecule has 0 saturated heterocycles. The molecule has 1 rings (SSSR count). The molecule has 1 aromatic carbocycles. The van der Waals surface area contributed by atoms with Gasteiger partial charge in [-0.05, 0) is 36.6 Å². The van der Waals surface area contributed by atoms with E-state index >= 15 is 0 Å². The van der Waals surface area contributed by atoms with E-state index in [1.807, 2.05) is 25.1 Å². The van der Waals surface area contributed by atoms with Crippen molar-refractivity contribution in [3.8, 4) is 5.75 Å². The molecule has 0 spiro atoms. The summed E-state index contributed by atoms with van der Waals surface area (Å²) in [4.78, 5) is 12.3. The van der Waals surface area contributed by atoms with E-state index in [1.165, 1.54) is 5.56 Å². The number of benzene rings is 1. The minimum Gasteiger partial charge on any atom is -0.496 e. The van der Waals surface area contributed by atoms with Gasteiger partial charge >= 0.3 is 0 Å². The van der Waals surface area contributed by atoms with Crippen molar-refractivity contribution in [2.75, 3.05) is 13.7 Å². The largest absolute Gasteiger partial charge is 0.496 e. The molecule has 0 saturated carbocycles. The molecule has 2 N–H and O–H groups in total. The van der Waals surface area contributed by atoms with E-state index in [2.05, 4.69) is 13.8 Å². The maximum Gasteiger partial charge on any atom is 0.169 e. The van der Waals surface area contributed by atoms with Gasteiger partial charge in [-0.1, -0.05) is 26.8 Å². The van der Waals surface area contributed by atoms with Crippen LogP contribution in [0.3, 0.4) is 0 Å². The quantitative estimate of drug-likeness (QED) is 0.788. The van der Waals surface area contributed by atoms with Crippen LogP contribution >= 0.6 is 0 Å². The molecule has 0 aliphatic carbocycles. The fourth-order valence-electron chi connectivity index (χ4n) is 1.92. The van der Waals surface area contributed by atoms with Crippen molar-refractivity contribution in [2.24, 2.45) is 11.7 Å². The Kier molecular flexibility index (Phi) is 5.35. The lowest BCUT2D eigenvalue weighted by Gasteiger charge is -2.14. The van der Waals surface area contributed by atoms with Gasteiger partial charge in [-0.2, -0.15) is 0 Å². The van der Waals surface area contributed by atoms with Crippen molar-refractivity contribution in [2.45, 2.75) is 33.1 Å². The highest BCUT2D eigenvalue weighted by Gasteiger charge is 2.19. The number of ether oxygens (including phenoxy) is 1. The van der Waals surface area contributed by atoms with Gasteiger partial charge in [-0.3, -0.25) is 4.79 Å². The Bertz CT molecular complexity index is 413. The lowest BCUT2D eigenvalue weighted by atomic mass is 9.93. The van der Waals surface area contributed by atoms with E-state index in [-0.39, 0.29) is 11.7 Å². The molecule has 0 amide bonds. The molecule has 0 aliphatic rings. The zero-order valence-electron chi connectivity index (χ0n) is 11.7. The average molecular weight is 249 g/mol. The molecule has 1 aromatic rings. The second-order valence-electron chi connectivity index (χ2n) is 4.96. The summed E-state index contributed by atoms with van der Waals surface area (Å²) in [7, 11) is 1.60. The predicted molar refractivity (Wildman–Crippen MR) is 74.2 cm³/mol. The van der Waals surface area contributed by atoms with Gasteiger partial charge in [0, 0.05) is 5.92 Å². The monoisotopic (exact) mass is 249 g/mol. The summed E-state index contributed by atoms with van der Waals surface area (Å²) >= 11 is 0. The first kappa shape index (κ1) is 14.7. The zero-order chi connectivity index (χ0) is 13.7. The van der Waals surface area contributed by atoms with Gasteiger partial charge in [0.05, 0.1) is 12.7 Å². The van der Waals surface area contributed by atoms with Crippen LogP contribution in [0.5, 0.6) is 5.75 Å². The van der Waals surface area contributed by atoms with Crippen LogP contribution in [0.15, 0.2) is 18.2 Å². The summed E-state index contributed by atoms with van der Waals surface area (Å²) in [5, 5.41) is 0. The number of rotatable bonds is 6. The number of methoxy groups -OCH3 is 1. The summed E-state index contributed by atoms with van der Waals surface area (Å²) in [6.45, 7) is 6.67. The van der Waals surface area contributed by atoms with E-state index in [4.69, 9.17) is 10.5 Å². The molecular formula is C15H23NO2. The summed E-state index contributed by atoms with van der Waals surface area (Å²) < 4.78 is 5.33. The van der Waals surface area contributed by atoms with Crippen LogP contribution in [-0.4, -0.2) is 19.4 Å². The van der Waals surface area contributed by atoms with E-state index in [0.29, 0.717) is 30.2 Å². The van der Waals surface area contributed by atoms with Crippen LogP contribution in [0.25, 0.3) is 0 Å². The molecule has 1 atom stereocenters. The molecule has 3 nitrogen and oxygen atoms in total. The summed E-state index contributed by atoms with van der Waals surface area (Å²) in [6.07, 6.45) is 0.702. The van der Waals surface area contributed by atoms with Crippen LogP contribution < -0.4 is 10.5 Å². The van der Waals surface area contributed by atoms with Crippen molar-refractivity contribution in [1.82, 2.24) is 0 Å². The first-order valence-corrected chi connectivity index (χ1v) is 6.43. The second kappa shape index (κ2) is 6.55. The Morgan fingerprint density at radius 3 is 2.50 bits per heavy atom. The van der Waals surface area contributed by atoms with Gasteiger partial charge in [0.1, 0.15) is 5.75 Å². The Morgan fingerprint density at radius 2 is 2.00 bits per heavy atom. The van der Waals surface area contributed by atoms with Crippen molar-refractivity contribution in [3.63, 3.8) is 0 Å². The minimum absolute atomic E-state index is 0.0613. The average Bonchev–Trinajstić information content (AvgIpc) is 2.37. The number of hydrogen-bond acceptors (Lipinski definition) is 3. The van der Waals surface area contributed by atoms with Crippen LogP contribution in [0.2, 0.25) is 0 Å². The summed E-state index contributed by atoms with van der Waals surface area (Å²) in [5.74, 6) is 1.13. The lowest BCUT2D eigenvalue weighted by molar-refractivity contribution is 0.0922. The number of hydrogen-bond donors (Lipinski definition) is 1. The fourth-order valence-corrected chi connectivity index (χ4v) is 1.92. The van der Waals surface area contributed by atoms with Crippen LogP contribution in [0, 0.1) is 5.92 Å². The summed E-state index contributed by atoms with van der Waals surface area (Å²) in [5.41, 5.74) is 7.33. The third-order valence-corrected chi connectivity index (χ3v) is 3.20. The lowest BCUT2D eigenvalue weighted by Crippen LogP contribution is -2.16. The zero-order valence-corrected chi connectivity index (χ0v) is 11.7. The molecule has 0 heterocycles. The van der Waals surface area contributed by atoms with Crippen molar-refractivity contribution < 1.29 is 9.53 Å². The minimum atomic E-state index is -0.0613. The Labute approximate surface area is 109 Å². The van der Waals surface area contributed by atoms with Crippen molar-refractivity contribution in [3.05, 3.63) is 29.3 Å². The number of carbonyl (C=O) groups is 1. The fraction of sp³-hybridized carbons (Fsp3) is 0.533. The highest BCUT2D eigenvalue weighted by Crippen LogP contribution is 2.27. The molecular weight excluding hydrogens is 226 g/mol. The van der Waals surface area contributed by atoms with Gasteiger partial charge in [0.25, 0.3) is 0 Å². The Morgan fingerprint density at radius 1 is 1.33 bits per heavy atom. The van der Waals surface area contributed by atoms with E-state index in [9.17, 15) is 4.79 Å². The first-order chi connectivity index (χ1) is 8.51. The summed E-state index contributed by atoms with van der Waals surface area (Å²) in [6, 6.07) is 5.81. The van der Waals surface area contributed by atoms with Crippen LogP contribution in [0.4, 0.5) is 0 Å². The highest BCUT2D eigenvalue weighted by molar-refractivity contribution is 6.00. The maximum atomic E-state index is 12.3. The smallest absolute Gasteiger partial charge is 0.169 e. The molecule has 100 valence electrons. The molecule has 0 fully saturated rings. The number of nitrogens with two attached hydrogens (primary N) is 1. The number of Topliss-reactive ketones (excluding diaryl/α,β-unsaturated/α-hetero) is 1. The molecule has 0 bridgehead atoms. The van der Waals surface area contributed by atoms with Gasteiger partial charge in [0.2, 0.25) is 0 Å². The van der Waals surface area contributed by atoms with E-state index in [1.54, 1.807) is 7.11 Å². The topological polar surface area (TPSA) is 52.3 Å². The van der Waals surface area contributed by atoms with Gasteiger partial charge in [0.15, 0.2) is 5.78 Å². The molecule has 0 aromatic heterocycles. The molecule has 0 aliphatic heterocycles. The molecule has 3 heteroatoms. The first-order valence-electron chi connectivity index (χ1n) is 6.43. The number of ketones is 1. The maximum absolute atomic E-state index is 12.3. The standard InChI is InChI=1S/C15H23NO2/c1-10(2)12-5-6-13(14(9-12)18-4)15(17)11(3)7-8-16/h5-6,9-11H,7-8,16H2,1-4H3. The van der Waals surface area contributed by atoms with Crippen molar-refractivity contribution in [1.29, 1.82) is 0 Å². The molecule has 1 unspecified atom stereocenters. The van der Waals surface area contributed by atoms with E-state index < -0.39 is 0 Å². The van der Waals surface area contributed by atoms with Crippen LogP contribution in [0.1, 0.15) is 49.0 Å². The van der Waals surface area contributed by atoms with Gasteiger partial charge < -0.3 is 10.5 Å². The SMILES string of the molecule is COc1cc(C(C)C)ccc1C(=O)C(C)CCN. The third-order valence-electron chi connectivity index (χ3n) is 3.20. The molecule has 0 radical (unpaired) electrons. The number of carbonyl (C=O) groups excluding carboxylic acids is 1. The van der Waals surface area contributed by atoms with Crippen LogP contribution in [-0.2, 0) is 0 Å². The predicted octanol–water partition coefficient (Wildman–Crippen LogP) is 2.99. The van der Waals surface area contributed by atoms with Gasteiger partial charge in [-0.25, -0.2) is 0 Å². The third kappa shape index (κ3) is 3.33. The van der Waals surface area contributed by atoms with E-state index in [0.717, 1.165) is 0 Å². The Hall–Kier alpha value is -1.35. The van der Waals surface area contributed by atoms with Gasteiger partial charge in [-0.15, -0.1) is 0 Å². The van der Waals surface area contributed by atoms with Crippen molar-refractivity contribution >= 4 is 5.78 Å². The second-order valence-corrected chi connectivity index (χ2v) is 4.96. The molecule has 18 heavy (non-hydrogen) atoms. The normalized spacial score (nSPS) is 12.6. The highest BCUT2D eigenvalue weighted by atomic mass is 16.5. The Balaban J connectivity index is 3.05.